The summed E-state index contributed by atoms with van der Waals surface area (Å²) >= 11 is 1.70. The quantitative estimate of drug-likeness (QED) is 0.788. The summed E-state index contributed by atoms with van der Waals surface area (Å²) in [6.45, 7) is 5.77. The largest absolute Gasteiger partial charge is 0.494 e. The summed E-state index contributed by atoms with van der Waals surface area (Å²) < 4.78 is 11.6. The van der Waals surface area contributed by atoms with Gasteiger partial charge in [-0.25, -0.2) is 0 Å². The van der Waals surface area contributed by atoms with Gasteiger partial charge >= 0.3 is 7.12 Å². The monoisotopic (exact) mass is 273 g/mol. The van der Waals surface area contributed by atoms with E-state index in [2.05, 4.69) is 36.3 Å². The minimum atomic E-state index is -0.227. The van der Waals surface area contributed by atoms with Crippen molar-refractivity contribution in [3.63, 3.8) is 0 Å². The fourth-order valence-electron chi connectivity index (χ4n) is 2.02. The molecule has 98 valence electrons. The van der Waals surface area contributed by atoms with Gasteiger partial charge in [-0.2, -0.15) is 0 Å². The molecular weight excluding hydrogens is 257 g/mol. The molecule has 0 amide bonds. The van der Waals surface area contributed by atoms with E-state index in [0.29, 0.717) is 0 Å². The molecule has 0 unspecified atom stereocenters. The van der Waals surface area contributed by atoms with Gasteiger partial charge in [0, 0.05) is 41.5 Å². The van der Waals surface area contributed by atoms with Crippen molar-refractivity contribution in [2.45, 2.75) is 13.8 Å². The molecule has 2 aromatic heterocycles. The highest BCUT2D eigenvalue weighted by Gasteiger charge is 2.33. The fraction of sp³-hybridized carbons (Fsp3) is 0.357. The molecule has 5 heteroatoms. The third-order valence-corrected chi connectivity index (χ3v) is 4.09. The average Bonchev–Trinajstić information content (AvgIpc) is 2.89. The normalized spacial score (nSPS) is 18.5. The highest BCUT2D eigenvalue weighted by atomic mass is 32.1. The molecule has 3 heterocycles. The van der Waals surface area contributed by atoms with E-state index in [-0.39, 0.29) is 12.5 Å². The van der Waals surface area contributed by atoms with Crippen molar-refractivity contribution in [2.75, 3.05) is 13.2 Å². The van der Waals surface area contributed by atoms with Gasteiger partial charge in [0.25, 0.3) is 0 Å². The second-order valence-electron chi connectivity index (χ2n) is 5.60. The first-order valence-corrected chi connectivity index (χ1v) is 7.24. The lowest BCUT2D eigenvalue weighted by atomic mass is 9.77. The van der Waals surface area contributed by atoms with Gasteiger partial charge < -0.3 is 9.31 Å². The molecule has 0 aromatic carbocycles. The molecule has 0 bridgehead atoms. The summed E-state index contributed by atoms with van der Waals surface area (Å²) in [6.07, 6.45) is 3.66. The third-order valence-electron chi connectivity index (χ3n) is 3.09. The Kier molecular flexibility index (Phi) is 3.43. The SMILES string of the molecule is CC1(C)COB(c2csc(-c3cccnc3)c2)OC1. The molecule has 19 heavy (non-hydrogen) atoms. The molecule has 0 N–H and O–H groups in total. The highest BCUT2D eigenvalue weighted by Crippen LogP contribution is 2.25. The number of nitrogens with zero attached hydrogens (tertiary/aromatic N) is 1. The number of hydrogen-bond donors (Lipinski definition) is 0. The fourth-order valence-corrected chi connectivity index (χ4v) is 2.92. The lowest BCUT2D eigenvalue weighted by Gasteiger charge is -2.32. The number of rotatable bonds is 2. The third kappa shape index (κ3) is 2.89. The van der Waals surface area contributed by atoms with Crippen LogP contribution >= 0.6 is 11.3 Å². The summed E-state index contributed by atoms with van der Waals surface area (Å²) in [5, 5.41) is 2.10. The van der Waals surface area contributed by atoms with Crippen molar-refractivity contribution in [3.8, 4) is 10.4 Å². The molecule has 0 atom stereocenters. The van der Waals surface area contributed by atoms with Crippen LogP contribution in [0.2, 0.25) is 0 Å². The molecular formula is C14H16BNO2S. The van der Waals surface area contributed by atoms with Crippen molar-refractivity contribution >= 4 is 23.9 Å². The van der Waals surface area contributed by atoms with Gasteiger partial charge in [0.2, 0.25) is 0 Å². The van der Waals surface area contributed by atoms with Gasteiger partial charge in [-0.15, -0.1) is 11.3 Å². The van der Waals surface area contributed by atoms with Crippen LogP contribution in [0, 0.1) is 5.41 Å². The topological polar surface area (TPSA) is 31.4 Å². The predicted octanol–water partition coefficient (Wildman–Crippen LogP) is 2.58. The molecule has 0 spiro atoms. The lowest BCUT2D eigenvalue weighted by Crippen LogP contribution is -2.46. The first-order valence-electron chi connectivity index (χ1n) is 6.36. The van der Waals surface area contributed by atoms with Gasteiger partial charge in [-0.05, 0) is 23.0 Å². The van der Waals surface area contributed by atoms with E-state index in [0.717, 1.165) is 24.2 Å². The summed E-state index contributed by atoms with van der Waals surface area (Å²) in [5.41, 5.74) is 2.34. The van der Waals surface area contributed by atoms with Gasteiger partial charge in [-0.1, -0.05) is 19.9 Å². The molecule has 1 aliphatic rings. The maximum absolute atomic E-state index is 5.80. The Labute approximate surface area is 117 Å². The van der Waals surface area contributed by atoms with E-state index in [1.54, 1.807) is 17.5 Å². The van der Waals surface area contributed by atoms with Crippen LogP contribution < -0.4 is 5.46 Å². The summed E-state index contributed by atoms with van der Waals surface area (Å²) in [7, 11) is -0.227. The molecule has 2 aromatic rings. The molecule has 0 radical (unpaired) electrons. The maximum Gasteiger partial charge on any atom is 0.494 e. The van der Waals surface area contributed by atoms with Gasteiger partial charge in [0.1, 0.15) is 0 Å². The Bertz CT molecular complexity index is 546. The molecule has 3 nitrogen and oxygen atoms in total. The standard InChI is InChI=1S/C14H16BNO2S/c1-14(2)9-17-15(18-10-14)12-6-13(19-8-12)11-4-3-5-16-7-11/h3-8H,9-10H2,1-2H3. The first-order chi connectivity index (χ1) is 9.14. The maximum atomic E-state index is 5.80. The molecule has 0 saturated carbocycles. The highest BCUT2D eigenvalue weighted by molar-refractivity contribution is 7.14. The summed E-state index contributed by atoms with van der Waals surface area (Å²) in [4.78, 5) is 5.34. The average molecular weight is 273 g/mol. The zero-order valence-corrected chi connectivity index (χ0v) is 11.9. The minimum Gasteiger partial charge on any atom is -0.407 e. The van der Waals surface area contributed by atoms with Crippen molar-refractivity contribution < 1.29 is 9.31 Å². The second kappa shape index (κ2) is 5.08. The van der Waals surface area contributed by atoms with Crippen LogP contribution in [0.5, 0.6) is 0 Å². The van der Waals surface area contributed by atoms with Crippen molar-refractivity contribution in [3.05, 3.63) is 36.0 Å². The van der Waals surface area contributed by atoms with Gasteiger partial charge in [-0.3, -0.25) is 4.98 Å². The van der Waals surface area contributed by atoms with E-state index in [9.17, 15) is 0 Å². The number of thiophene rings is 1. The number of hydrogen-bond acceptors (Lipinski definition) is 4. The molecule has 1 saturated heterocycles. The molecule has 1 aliphatic heterocycles. The van der Waals surface area contributed by atoms with Crippen LogP contribution in [0.25, 0.3) is 10.4 Å². The van der Waals surface area contributed by atoms with Crippen LogP contribution in [0.1, 0.15) is 13.8 Å². The van der Waals surface area contributed by atoms with Crippen LogP contribution in [-0.4, -0.2) is 25.3 Å². The smallest absolute Gasteiger partial charge is 0.407 e. The van der Waals surface area contributed by atoms with E-state index in [4.69, 9.17) is 9.31 Å². The number of pyridine rings is 1. The number of aromatic nitrogens is 1. The van der Waals surface area contributed by atoms with Gasteiger partial charge in [0.15, 0.2) is 0 Å². The minimum absolute atomic E-state index is 0.110. The Balaban J connectivity index is 1.76. The summed E-state index contributed by atoms with van der Waals surface area (Å²) in [5.74, 6) is 0. The van der Waals surface area contributed by atoms with Crippen LogP contribution in [0.3, 0.4) is 0 Å². The molecule has 1 fully saturated rings. The molecule has 3 rings (SSSR count). The first kappa shape index (κ1) is 12.8. The Morgan fingerprint density at radius 1 is 1.32 bits per heavy atom. The van der Waals surface area contributed by atoms with Crippen molar-refractivity contribution in [1.29, 1.82) is 0 Å². The Hall–Kier alpha value is -1.17. The zero-order valence-electron chi connectivity index (χ0n) is 11.1. The van der Waals surface area contributed by atoms with E-state index in [1.807, 2.05) is 12.3 Å². The van der Waals surface area contributed by atoms with Crippen LogP contribution in [0.4, 0.5) is 0 Å². The predicted molar refractivity (Wildman–Crippen MR) is 78.6 cm³/mol. The van der Waals surface area contributed by atoms with Gasteiger partial charge in [0.05, 0.1) is 0 Å². The van der Waals surface area contributed by atoms with E-state index in [1.165, 1.54) is 4.88 Å². The summed E-state index contributed by atoms with van der Waals surface area (Å²) in [6, 6.07) is 6.14. The van der Waals surface area contributed by atoms with Crippen molar-refractivity contribution in [2.24, 2.45) is 5.41 Å². The van der Waals surface area contributed by atoms with Crippen LogP contribution in [0.15, 0.2) is 36.0 Å². The van der Waals surface area contributed by atoms with Crippen LogP contribution in [-0.2, 0) is 9.31 Å². The lowest BCUT2D eigenvalue weighted by molar-refractivity contribution is 0.0343. The molecule has 0 aliphatic carbocycles. The Morgan fingerprint density at radius 2 is 2.11 bits per heavy atom. The Morgan fingerprint density at radius 3 is 2.79 bits per heavy atom. The second-order valence-corrected chi connectivity index (χ2v) is 6.52. The van der Waals surface area contributed by atoms with E-state index < -0.39 is 0 Å². The van der Waals surface area contributed by atoms with E-state index >= 15 is 0 Å². The van der Waals surface area contributed by atoms with Crippen molar-refractivity contribution in [1.82, 2.24) is 4.98 Å². The zero-order chi connectivity index (χ0) is 13.3.